The molecule has 2 rings (SSSR count). The Morgan fingerprint density at radius 2 is 2.08 bits per heavy atom. The fourth-order valence-electron chi connectivity index (χ4n) is 2.52. The molecular formula is C19H32IN3O3. The van der Waals surface area contributed by atoms with Gasteiger partial charge in [0.05, 0.1) is 19.8 Å². The summed E-state index contributed by atoms with van der Waals surface area (Å²) in [6.45, 7) is 8.22. The van der Waals surface area contributed by atoms with E-state index in [4.69, 9.17) is 14.2 Å². The zero-order chi connectivity index (χ0) is 17.6. The predicted molar refractivity (Wildman–Crippen MR) is 116 cm³/mol. The second-order valence-corrected chi connectivity index (χ2v) is 6.01. The Morgan fingerprint density at radius 3 is 2.81 bits per heavy atom. The van der Waals surface area contributed by atoms with Gasteiger partial charge in [-0.1, -0.05) is 18.2 Å². The fourth-order valence-corrected chi connectivity index (χ4v) is 2.52. The minimum absolute atomic E-state index is 0. The average Bonchev–Trinajstić information content (AvgIpc) is 3.16. The van der Waals surface area contributed by atoms with Crippen molar-refractivity contribution >= 4 is 29.9 Å². The highest BCUT2D eigenvalue weighted by atomic mass is 127. The van der Waals surface area contributed by atoms with E-state index in [1.54, 1.807) is 0 Å². The first kappa shape index (κ1) is 23.0. The molecule has 1 fully saturated rings. The van der Waals surface area contributed by atoms with Gasteiger partial charge in [0.15, 0.2) is 5.96 Å². The molecule has 148 valence electrons. The van der Waals surface area contributed by atoms with Gasteiger partial charge in [-0.2, -0.15) is 0 Å². The van der Waals surface area contributed by atoms with E-state index in [1.165, 1.54) is 0 Å². The van der Waals surface area contributed by atoms with E-state index in [0.717, 1.165) is 64.1 Å². The zero-order valence-electron chi connectivity index (χ0n) is 15.6. The van der Waals surface area contributed by atoms with Crippen molar-refractivity contribution in [3.05, 3.63) is 30.3 Å². The zero-order valence-corrected chi connectivity index (χ0v) is 17.9. The highest BCUT2D eigenvalue weighted by Crippen LogP contribution is 2.12. The first-order chi connectivity index (χ1) is 12.4. The first-order valence-electron chi connectivity index (χ1n) is 9.24. The van der Waals surface area contributed by atoms with Crippen molar-refractivity contribution in [2.75, 3.05) is 52.7 Å². The molecule has 1 atom stereocenters. The second-order valence-electron chi connectivity index (χ2n) is 6.01. The molecule has 1 aromatic rings. The third-order valence-corrected chi connectivity index (χ3v) is 3.84. The van der Waals surface area contributed by atoms with Crippen LogP contribution in [0.1, 0.15) is 19.8 Å². The van der Waals surface area contributed by atoms with E-state index < -0.39 is 0 Å². The Labute approximate surface area is 174 Å². The third-order valence-electron chi connectivity index (χ3n) is 3.84. The highest BCUT2D eigenvalue weighted by molar-refractivity contribution is 14.0. The molecule has 0 aliphatic carbocycles. The number of nitrogens with zero attached hydrogens (tertiary/aromatic N) is 1. The number of benzene rings is 1. The minimum atomic E-state index is 0. The fraction of sp³-hybridized carbons (Fsp3) is 0.632. The van der Waals surface area contributed by atoms with Gasteiger partial charge in [0, 0.05) is 32.2 Å². The van der Waals surface area contributed by atoms with Crippen molar-refractivity contribution in [3.63, 3.8) is 0 Å². The maximum Gasteiger partial charge on any atom is 0.191 e. The first-order valence-corrected chi connectivity index (χ1v) is 9.24. The largest absolute Gasteiger partial charge is 0.492 e. The van der Waals surface area contributed by atoms with E-state index in [1.807, 2.05) is 30.3 Å². The van der Waals surface area contributed by atoms with Crippen LogP contribution in [-0.4, -0.2) is 58.6 Å². The maximum absolute atomic E-state index is 5.70. The van der Waals surface area contributed by atoms with Gasteiger partial charge in [-0.15, -0.1) is 24.0 Å². The molecule has 1 saturated heterocycles. The number of rotatable bonds is 11. The summed E-state index contributed by atoms with van der Waals surface area (Å²) < 4.78 is 16.7. The van der Waals surface area contributed by atoms with Crippen molar-refractivity contribution in [2.24, 2.45) is 10.9 Å². The number of guanidine groups is 1. The quantitative estimate of drug-likeness (QED) is 0.222. The number of hydrogen-bond acceptors (Lipinski definition) is 4. The lowest BCUT2D eigenvalue weighted by molar-refractivity contribution is 0.0893. The highest BCUT2D eigenvalue weighted by Gasteiger charge is 2.15. The van der Waals surface area contributed by atoms with Crippen molar-refractivity contribution < 1.29 is 14.2 Å². The van der Waals surface area contributed by atoms with E-state index >= 15 is 0 Å². The van der Waals surface area contributed by atoms with Gasteiger partial charge in [-0.05, 0) is 31.9 Å². The summed E-state index contributed by atoms with van der Waals surface area (Å²) in [6.07, 6.45) is 2.04. The third kappa shape index (κ3) is 10.2. The molecule has 1 unspecified atom stereocenters. The van der Waals surface area contributed by atoms with Crippen LogP contribution in [0.25, 0.3) is 0 Å². The summed E-state index contributed by atoms with van der Waals surface area (Å²) in [7, 11) is 0. The number of halogens is 1. The number of ether oxygens (including phenoxy) is 3. The van der Waals surface area contributed by atoms with E-state index in [0.29, 0.717) is 19.1 Å². The SMILES string of the molecule is CCNC(=NCCCOCC1CCOC1)NCCOc1ccccc1.I. The Bertz CT molecular complexity index is 482. The van der Waals surface area contributed by atoms with Crippen LogP contribution in [0.2, 0.25) is 0 Å². The molecule has 0 radical (unpaired) electrons. The Hall–Kier alpha value is -1.06. The van der Waals surface area contributed by atoms with Crippen LogP contribution in [0.15, 0.2) is 35.3 Å². The molecule has 1 aromatic carbocycles. The van der Waals surface area contributed by atoms with Gasteiger partial charge in [0.1, 0.15) is 12.4 Å². The van der Waals surface area contributed by atoms with E-state index in [2.05, 4.69) is 22.5 Å². The molecule has 0 bridgehead atoms. The van der Waals surface area contributed by atoms with Crippen molar-refractivity contribution in [2.45, 2.75) is 19.8 Å². The number of aliphatic imine (C=N–C) groups is 1. The lowest BCUT2D eigenvalue weighted by Crippen LogP contribution is -2.39. The molecule has 1 heterocycles. The van der Waals surface area contributed by atoms with Gasteiger partial charge >= 0.3 is 0 Å². The van der Waals surface area contributed by atoms with Crippen LogP contribution in [0.3, 0.4) is 0 Å². The average molecular weight is 477 g/mol. The molecule has 1 aliphatic rings. The molecule has 7 heteroatoms. The summed E-state index contributed by atoms with van der Waals surface area (Å²) in [6, 6.07) is 9.83. The van der Waals surface area contributed by atoms with Crippen molar-refractivity contribution in [1.82, 2.24) is 10.6 Å². The molecular weight excluding hydrogens is 445 g/mol. The Balaban J connectivity index is 0.00000338. The van der Waals surface area contributed by atoms with E-state index in [-0.39, 0.29) is 24.0 Å². The number of hydrogen-bond donors (Lipinski definition) is 2. The summed E-state index contributed by atoms with van der Waals surface area (Å²) in [5.74, 6) is 2.28. The Kier molecular flexibility index (Phi) is 13.3. The normalized spacial score (nSPS) is 16.8. The number of nitrogens with one attached hydrogen (secondary N) is 2. The smallest absolute Gasteiger partial charge is 0.191 e. The molecule has 6 nitrogen and oxygen atoms in total. The second kappa shape index (κ2) is 15.0. The van der Waals surface area contributed by atoms with Gasteiger partial charge in [0.25, 0.3) is 0 Å². The molecule has 26 heavy (non-hydrogen) atoms. The van der Waals surface area contributed by atoms with Crippen LogP contribution in [0, 0.1) is 5.92 Å². The lowest BCUT2D eigenvalue weighted by atomic mass is 10.1. The predicted octanol–water partition coefficient (Wildman–Crippen LogP) is 2.68. The van der Waals surface area contributed by atoms with E-state index in [9.17, 15) is 0 Å². The molecule has 0 aromatic heterocycles. The van der Waals surface area contributed by atoms with Crippen LogP contribution in [0.5, 0.6) is 5.75 Å². The van der Waals surface area contributed by atoms with Gasteiger partial charge in [-0.3, -0.25) is 4.99 Å². The van der Waals surface area contributed by atoms with Gasteiger partial charge in [0.2, 0.25) is 0 Å². The maximum atomic E-state index is 5.70. The van der Waals surface area contributed by atoms with Crippen molar-refractivity contribution in [3.8, 4) is 5.75 Å². The van der Waals surface area contributed by atoms with Crippen LogP contribution < -0.4 is 15.4 Å². The molecule has 1 aliphatic heterocycles. The van der Waals surface area contributed by atoms with Gasteiger partial charge in [-0.25, -0.2) is 0 Å². The Morgan fingerprint density at radius 1 is 1.23 bits per heavy atom. The molecule has 0 saturated carbocycles. The van der Waals surface area contributed by atoms with Crippen molar-refractivity contribution in [1.29, 1.82) is 0 Å². The molecule has 2 N–H and O–H groups in total. The standard InChI is InChI=1S/C19H31N3O3.HI/c1-2-20-19(22-11-14-25-18-7-4-3-5-8-18)21-10-6-12-23-15-17-9-13-24-16-17;/h3-5,7-8,17H,2,6,9-16H2,1H3,(H2,20,21,22);1H. The number of para-hydroxylation sites is 1. The monoisotopic (exact) mass is 477 g/mol. The van der Waals surface area contributed by atoms with Crippen LogP contribution >= 0.6 is 24.0 Å². The topological polar surface area (TPSA) is 64.1 Å². The van der Waals surface area contributed by atoms with Crippen LogP contribution in [-0.2, 0) is 9.47 Å². The molecule has 0 spiro atoms. The summed E-state index contributed by atoms with van der Waals surface area (Å²) in [5, 5.41) is 6.53. The molecule has 0 amide bonds. The summed E-state index contributed by atoms with van der Waals surface area (Å²) in [5.41, 5.74) is 0. The van der Waals surface area contributed by atoms with Crippen LogP contribution in [0.4, 0.5) is 0 Å². The van der Waals surface area contributed by atoms with Gasteiger partial charge < -0.3 is 24.8 Å². The summed E-state index contributed by atoms with van der Waals surface area (Å²) >= 11 is 0. The lowest BCUT2D eigenvalue weighted by Gasteiger charge is -2.12. The minimum Gasteiger partial charge on any atom is -0.492 e. The summed E-state index contributed by atoms with van der Waals surface area (Å²) in [4.78, 5) is 4.56.